The van der Waals surface area contributed by atoms with Crippen LogP contribution in [0.3, 0.4) is 0 Å². The molecule has 17 heavy (non-hydrogen) atoms. The summed E-state index contributed by atoms with van der Waals surface area (Å²) in [7, 11) is 1.58. The first-order chi connectivity index (χ1) is 8.01. The molecule has 0 saturated heterocycles. The molecule has 1 unspecified atom stereocenters. The fourth-order valence-corrected chi connectivity index (χ4v) is 1.16. The molecule has 0 radical (unpaired) electrons. The van der Waals surface area contributed by atoms with Crippen LogP contribution in [0.5, 0.6) is 0 Å². The molecule has 2 amide bonds. The molecule has 0 aliphatic rings. The SMILES string of the molecule is CCOC(=O)CNC(=O)NC(COC)C(C)C. The van der Waals surface area contributed by atoms with E-state index in [0.29, 0.717) is 13.2 Å². The maximum absolute atomic E-state index is 11.5. The Morgan fingerprint density at radius 2 is 1.94 bits per heavy atom. The van der Waals surface area contributed by atoms with Crippen LogP contribution < -0.4 is 10.6 Å². The molecular weight excluding hydrogens is 224 g/mol. The van der Waals surface area contributed by atoms with E-state index in [9.17, 15) is 9.59 Å². The third-order valence-corrected chi connectivity index (χ3v) is 2.17. The summed E-state index contributed by atoms with van der Waals surface area (Å²) in [5.41, 5.74) is 0. The van der Waals surface area contributed by atoms with E-state index in [-0.39, 0.29) is 18.5 Å². The molecule has 0 fully saturated rings. The number of hydrogen-bond donors (Lipinski definition) is 2. The third-order valence-electron chi connectivity index (χ3n) is 2.17. The van der Waals surface area contributed by atoms with E-state index >= 15 is 0 Å². The van der Waals surface area contributed by atoms with Crippen LogP contribution in [0.1, 0.15) is 20.8 Å². The normalized spacial score (nSPS) is 12.1. The van der Waals surface area contributed by atoms with Crippen molar-refractivity contribution in [1.82, 2.24) is 10.6 Å². The number of esters is 1. The Morgan fingerprint density at radius 3 is 2.41 bits per heavy atom. The van der Waals surface area contributed by atoms with E-state index in [1.165, 1.54) is 0 Å². The molecule has 100 valence electrons. The second-order valence-electron chi connectivity index (χ2n) is 3.94. The minimum atomic E-state index is -0.449. The van der Waals surface area contributed by atoms with Gasteiger partial charge in [0.2, 0.25) is 0 Å². The summed E-state index contributed by atoms with van der Waals surface area (Å²) < 4.78 is 9.68. The van der Waals surface area contributed by atoms with Crippen molar-refractivity contribution in [2.75, 3.05) is 26.9 Å². The van der Waals surface area contributed by atoms with Gasteiger partial charge in [0.05, 0.1) is 19.3 Å². The van der Waals surface area contributed by atoms with Crippen LogP contribution in [-0.2, 0) is 14.3 Å². The summed E-state index contributed by atoms with van der Waals surface area (Å²) in [6, 6.07) is -0.476. The van der Waals surface area contributed by atoms with E-state index in [0.717, 1.165) is 0 Å². The maximum Gasteiger partial charge on any atom is 0.325 e. The second-order valence-corrected chi connectivity index (χ2v) is 3.94. The van der Waals surface area contributed by atoms with Gasteiger partial charge in [-0.2, -0.15) is 0 Å². The summed E-state index contributed by atoms with van der Waals surface area (Å²) in [6.45, 7) is 6.29. The Balaban J connectivity index is 3.93. The van der Waals surface area contributed by atoms with Crippen molar-refractivity contribution in [3.8, 4) is 0 Å². The highest BCUT2D eigenvalue weighted by molar-refractivity contribution is 5.80. The smallest absolute Gasteiger partial charge is 0.325 e. The maximum atomic E-state index is 11.5. The van der Waals surface area contributed by atoms with Crippen molar-refractivity contribution >= 4 is 12.0 Å². The molecule has 0 bridgehead atoms. The Hall–Kier alpha value is -1.30. The molecule has 0 saturated carbocycles. The molecule has 0 aromatic heterocycles. The summed E-state index contributed by atoms with van der Waals surface area (Å²) in [5.74, 6) is -0.196. The Kier molecular flexibility index (Phi) is 8.13. The average Bonchev–Trinajstić information content (AvgIpc) is 2.26. The molecule has 0 heterocycles. The van der Waals surface area contributed by atoms with Gasteiger partial charge in [-0.05, 0) is 12.8 Å². The van der Waals surface area contributed by atoms with Crippen LogP contribution in [-0.4, -0.2) is 44.9 Å². The van der Waals surface area contributed by atoms with Crippen molar-refractivity contribution in [2.24, 2.45) is 5.92 Å². The zero-order valence-corrected chi connectivity index (χ0v) is 10.9. The highest BCUT2D eigenvalue weighted by atomic mass is 16.5. The lowest BCUT2D eigenvalue weighted by molar-refractivity contribution is -0.141. The number of nitrogens with one attached hydrogen (secondary N) is 2. The van der Waals surface area contributed by atoms with Crippen molar-refractivity contribution < 1.29 is 19.1 Å². The lowest BCUT2D eigenvalue weighted by Gasteiger charge is -2.21. The number of ether oxygens (including phenoxy) is 2. The summed E-state index contributed by atoms with van der Waals surface area (Å²) >= 11 is 0. The zero-order valence-electron chi connectivity index (χ0n) is 10.9. The van der Waals surface area contributed by atoms with Crippen molar-refractivity contribution in [1.29, 1.82) is 0 Å². The third kappa shape index (κ3) is 7.57. The zero-order chi connectivity index (χ0) is 13.3. The minimum Gasteiger partial charge on any atom is -0.465 e. The predicted molar refractivity (Wildman–Crippen MR) is 63.7 cm³/mol. The Labute approximate surface area is 102 Å². The van der Waals surface area contributed by atoms with E-state index in [4.69, 9.17) is 4.74 Å². The number of urea groups is 1. The van der Waals surface area contributed by atoms with E-state index in [2.05, 4.69) is 15.4 Å². The monoisotopic (exact) mass is 246 g/mol. The highest BCUT2D eigenvalue weighted by Gasteiger charge is 2.16. The van der Waals surface area contributed by atoms with Gasteiger partial charge in [-0.1, -0.05) is 13.8 Å². The van der Waals surface area contributed by atoms with Gasteiger partial charge in [-0.25, -0.2) is 4.79 Å². The predicted octanol–water partition coefficient (Wildman–Crippen LogP) is 0.520. The number of methoxy groups -OCH3 is 1. The van der Waals surface area contributed by atoms with Gasteiger partial charge in [0, 0.05) is 7.11 Å². The van der Waals surface area contributed by atoms with Crippen LogP contribution in [0.2, 0.25) is 0 Å². The van der Waals surface area contributed by atoms with Crippen LogP contribution in [0.25, 0.3) is 0 Å². The van der Waals surface area contributed by atoms with Gasteiger partial charge in [-0.3, -0.25) is 4.79 Å². The van der Waals surface area contributed by atoms with Crippen molar-refractivity contribution in [3.05, 3.63) is 0 Å². The Bertz CT molecular complexity index is 244. The topological polar surface area (TPSA) is 76.7 Å². The van der Waals surface area contributed by atoms with Gasteiger partial charge < -0.3 is 20.1 Å². The molecule has 6 heteroatoms. The van der Waals surface area contributed by atoms with Crippen LogP contribution in [0, 0.1) is 5.92 Å². The van der Waals surface area contributed by atoms with Gasteiger partial charge in [0.15, 0.2) is 0 Å². The molecule has 6 nitrogen and oxygen atoms in total. The quantitative estimate of drug-likeness (QED) is 0.642. The molecule has 0 rings (SSSR count). The van der Waals surface area contributed by atoms with Gasteiger partial charge in [0.25, 0.3) is 0 Å². The lowest BCUT2D eigenvalue weighted by atomic mass is 10.1. The number of amides is 2. The molecular formula is C11H22N2O4. The van der Waals surface area contributed by atoms with E-state index < -0.39 is 12.0 Å². The second kappa shape index (κ2) is 8.81. The summed E-state index contributed by atoms with van der Waals surface area (Å²) in [6.07, 6.45) is 0. The van der Waals surface area contributed by atoms with Gasteiger partial charge in [-0.15, -0.1) is 0 Å². The molecule has 0 aromatic rings. The van der Waals surface area contributed by atoms with Crippen LogP contribution in [0.15, 0.2) is 0 Å². The van der Waals surface area contributed by atoms with Crippen molar-refractivity contribution in [3.63, 3.8) is 0 Å². The van der Waals surface area contributed by atoms with Crippen LogP contribution in [0.4, 0.5) is 4.79 Å². The van der Waals surface area contributed by atoms with E-state index in [1.807, 2.05) is 13.8 Å². The molecule has 0 aliphatic heterocycles. The molecule has 1 atom stereocenters. The highest BCUT2D eigenvalue weighted by Crippen LogP contribution is 2.01. The number of hydrogen-bond acceptors (Lipinski definition) is 4. The largest absolute Gasteiger partial charge is 0.465 e. The van der Waals surface area contributed by atoms with Crippen LogP contribution >= 0.6 is 0 Å². The fourth-order valence-electron chi connectivity index (χ4n) is 1.16. The first-order valence-electron chi connectivity index (χ1n) is 5.70. The molecule has 0 aromatic carbocycles. The summed E-state index contributed by atoms with van der Waals surface area (Å²) in [4.78, 5) is 22.5. The van der Waals surface area contributed by atoms with E-state index in [1.54, 1.807) is 14.0 Å². The minimum absolute atomic E-state index is 0.0813. The number of carbonyl (C=O) groups is 2. The standard InChI is InChI=1S/C11H22N2O4/c1-5-17-10(14)6-12-11(15)13-9(7-16-4)8(2)3/h8-9H,5-7H2,1-4H3,(H2,12,13,15). The van der Waals surface area contributed by atoms with Gasteiger partial charge in [0.1, 0.15) is 6.54 Å². The van der Waals surface area contributed by atoms with Crippen molar-refractivity contribution in [2.45, 2.75) is 26.8 Å². The summed E-state index contributed by atoms with van der Waals surface area (Å²) in [5, 5.41) is 5.16. The molecule has 2 N–H and O–H groups in total. The fraction of sp³-hybridized carbons (Fsp3) is 0.818. The Morgan fingerprint density at radius 1 is 1.29 bits per heavy atom. The first-order valence-corrected chi connectivity index (χ1v) is 5.70. The number of carbonyl (C=O) groups excluding carboxylic acids is 2. The van der Waals surface area contributed by atoms with Gasteiger partial charge >= 0.3 is 12.0 Å². The molecule has 0 spiro atoms. The molecule has 0 aliphatic carbocycles. The average molecular weight is 246 g/mol. The number of rotatable bonds is 7. The lowest BCUT2D eigenvalue weighted by Crippen LogP contribution is -2.47. The first kappa shape index (κ1) is 15.7.